The maximum absolute atomic E-state index is 13.3. The Bertz CT molecular complexity index is 561. The van der Waals surface area contributed by atoms with Gasteiger partial charge in [-0.2, -0.15) is 0 Å². The fraction of sp³-hybridized carbons (Fsp3) is 0.250. The van der Waals surface area contributed by atoms with E-state index in [0.29, 0.717) is 18.9 Å². The molecule has 2 aromatic carbocycles. The molecule has 2 nitrogen and oxygen atoms in total. The van der Waals surface area contributed by atoms with Crippen molar-refractivity contribution in [2.45, 2.75) is 27.0 Å². The molecule has 0 heterocycles. The Labute approximate surface area is 113 Å². The second-order valence-corrected chi connectivity index (χ2v) is 4.78. The van der Waals surface area contributed by atoms with Gasteiger partial charge in [-0.3, -0.25) is 0 Å². The minimum absolute atomic E-state index is 0.303. The van der Waals surface area contributed by atoms with Crippen molar-refractivity contribution in [1.29, 1.82) is 0 Å². The summed E-state index contributed by atoms with van der Waals surface area (Å²) in [5, 5.41) is 0. The van der Waals surface area contributed by atoms with Crippen molar-refractivity contribution >= 4 is 0 Å². The van der Waals surface area contributed by atoms with Crippen molar-refractivity contribution in [1.82, 2.24) is 0 Å². The molecule has 0 saturated carbocycles. The van der Waals surface area contributed by atoms with Crippen molar-refractivity contribution in [2.24, 2.45) is 5.73 Å². The molecule has 19 heavy (non-hydrogen) atoms. The summed E-state index contributed by atoms with van der Waals surface area (Å²) in [6.45, 7) is 4.82. The second-order valence-electron chi connectivity index (χ2n) is 4.78. The number of rotatable bonds is 4. The van der Waals surface area contributed by atoms with Crippen molar-refractivity contribution < 1.29 is 9.13 Å². The van der Waals surface area contributed by atoms with Gasteiger partial charge in [0.2, 0.25) is 0 Å². The summed E-state index contributed by atoms with van der Waals surface area (Å²) in [4.78, 5) is 0. The van der Waals surface area contributed by atoms with Crippen LogP contribution in [-0.4, -0.2) is 0 Å². The van der Waals surface area contributed by atoms with Gasteiger partial charge in [0, 0.05) is 12.6 Å². The normalized spacial score (nSPS) is 10.5. The third-order valence-electron chi connectivity index (χ3n) is 2.85. The highest BCUT2D eigenvalue weighted by molar-refractivity contribution is 5.31. The van der Waals surface area contributed by atoms with Crippen molar-refractivity contribution in [3.63, 3.8) is 0 Å². The predicted molar refractivity (Wildman–Crippen MR) is 74.5 cm³/mol. The summed E-state index contributed by atoms with van der Waals surface area (Å²) in [5.41, 5.74) is 9.71. The molecular formula is C16H18FNO. The topological polar surface area (TPSA) is 35.2 Å². The van der Waals surface area contributed by atoms with Crippen molar-refractivity contribution in [2.75, 3.05) is 0 Å². The van der Waals surface area contributed by atoms with Crippen LogP contribution in [0.15, 0.2) is 36.4 Å². The van der Waals surface area contributed by atoms with Crippen LogP contribution in [0, 0.1) is 19.7 Å². The van der Waals surface area contributed by atoms with E-state index in [4.69, 9.17) is 10.5 Å². The van der Waals surface area contributed by atoms with Crippen LogP contribution in [0.2, 0.25) is 0 Å². The second kappa shape index (κ2) is 5.85. The first-order valence-electron chi connectivity index (χ1n) is 6.26. The first-order chi connectivity index (χ1) is 9.06. The molecule has 0 atom stereocenters. The number of halogens is 1. The lowest BCUT2D eigenvalue weighted by Crippen LogP contribution is -2.00. The van der Waals surface area contributed by atoms with Gasteiger partial charge in [-0.05, 0) is 37.1 Å². The minimum atomic E-state index is -0.321. The maximum Gasteiger partial charge on any atom is 0.127 e. The number of hydrogen-bond acceptors (Lipinski definition) is 2. The monoisotopic (exact) mass is 259 g/mol. The van der Waals surface area contributed by atoms with E-state index in [2.05, 4.69) is 18.2 Å². The average Bonchev–Trinajstić information content (AvgIpc) is 2.34. The molecule has 0 radical (unpaired) electrons. The van der Waals surface area contributed by atoms with E-state index in [9.17, 15) is 4.39 Å². The Morgan fingerprint density at radius 2 is 1.63 bits per heavy atom. The Balaban J connectivity index is 2.11. The Kier molecular flexibility index (Phi) is 4.17. The molecule has 2 N–H and O–H groups in total. The summed E-state index contributed by atoms with van der Waals surface area (Å²) >= 11 is 0. The third-order valence-corrected chi connectivity index (χ3v) is 2.85. The highest BCUT2D eigenvalue weighted by atomic mass is 19.1. The molecule has 0 saturated heterocycles. The standard InChI is InChI=1S/C16H18FNO/c1-11-3-12(2)5-14(4-11)10-19-16-7-13(9-18)6-15(17)8-16/h3-8H,9-10,18H2,1-2H3. The molecule has 0 spiro atoms. The molecule has 0 fully saturated rings. The maximum atomic E-state index is 13.3. The summed E-state index contributed by atoms with van der Waals surface area (Å²) in [6, 6.07) is 10.8. The zero-order valence-electron chi connectivity index (χ0n) is 11.2. The average molecular weight is 259 g/mol. The first kappa shape index (κ1) is 13.6. The van der Waals surface area contributed by atoms with Crippen LogP contribution in [0.1, 0.15) is 22.3 Å². The van der Waals surface area contributed by atoms with Gasteiger partial charge in [-0.15, -0.1) is 0 Å². The summed E-state index contributed by atoms with van der Waals surface area (Å²) in [6.07, 6.45) is 0. The molecule has 0 aliphatic heterocycles. The highest BCUT2D eigenvalue weighted by Gasteiger charge is 2.02. The van der Waals surface area contributed by atoms with Crippen LogP contribution in [0.4, 0.5) is 4.39 Å². The minimum Gasteiger partial charge on any atom is -0.489 e. The zero-order valence-corrected chi connectivity index (χ0v) is 11.2. The van der Waals surface area contributed by atoms with Crippen LogP contribution >= 0.6 is 0 Å². The van der Waals surface area contributed by atoms with E-state index < -0.39 is 0 Å². The summed E-state index contributed by atoms with van der Waals surface area (Å²) in [5.74, 6) is 0.193. The van der Waals surface area contributed by atoms with Crippen LogP contribution < -0.4 is 10.5 Å². The van der Waals surface area contributed by atoms with E-state index >= 15 is 0 Å². The molecule has 2 aromatic rings. The summed E-state index contributed by atoms with van der Waals surface area (Å²) in [7, 11) is 0. The number of benzene rings is 2. The van der Waals surface area contributed by atoms with Gasteiger partial charge in [-0.1, -0.05) is 29.3 Å². The molecule has 0 aliphatic carbocycles. The quantitative estimate of drug-likeness (QED) is 0.912. The largest absolute Gasteiger partial charge is 0.489 e. The van der Waals surface area contributed by atoms with Gasteiger partial charge < -0.3 is 10.5 Å². The molecule has 2 rings (SSSR count). The molecule has 0 aliphatic rings. The SMILES string of the molecule is Cc1cc(C)cc(COc2cc(F)cc(CN)c2)c1. The van der Waals surface area contributed by atoms with Gasteiger partial charge in [0.1, 0.15) is 18.2 Å². The number of aryl methyl sites for hydroxylation is 2. The van der Waals surface area contributed by atoms with E-state index in [1.165, 1.54) is 23.3 Å². The fourth-order valence-electron chi connectivity index (χ4n) is 2.14. The molecule has 0 aromatic heterocycles. The third kappa shape index (κ3) is 3.80. The predicted octanol–water partition coefficient (Wildman–Crippen LogP) is 3.48. The number of nitrogens with two attached hydrogens (primary N) is 1. The molecule has 0 amide bonds. The Hall–Kier alpha value is -1.87. The lowest BCUT2D eigenvalue weighted by molar-refractivity contribution is 0.304. The van der Waals surface area contributed by atoms with Crippen molar-refractivity contribution in [3.8, 4) is 5.75 Å². The van der Waals surface area contributed by atoms with Crippen LogP contribution in [0.25, 0.3) is 0 Å². The van der Waals surface area contributed by atoms with E-state index in [0.717, 1.165) is 11.1 Å². The summed E-state index contributed by atoms with van der Waals surface area (Å²) < 4.78 is 19.0. The molecule has 100 valence electrons. The van der Waals surface area contributed by atoms with Gasteiger partial charge >= 0.3 is 0 Å². The number of ether oxygens (including phenoxy) is 1. The van der Waals surface area contributed by atoms with E-state index in [1.54, 1.807) is 6.07 Å². The highest BCUT2D eigenvalue weighted by Crippen LogP contribution is 2.18. The molecule has 3 heteroatoms. The Morgan fingerprint density at radius 1 is 0.947 bits per heavy atom. The van der Waals surface area contributed by atoms with Crippen LogP contribution in [-0.2, 0) is 13.2 Å². The Morgan fingerprint density at radius 3 is 2.26 bits per heavy atom. The molecular weight excluding hydrogens is 241 g/mol. The van der Waals surface area contributed by atoms with Crippen LogP contribution in [0.3, 0.4) is 0 Å². The van der Waals surface area contributed by atoms with Crippen molar-refractivity contribution in [3.05, 3.63) is 64.5 Å². The lowest BCUT2D eigenvalue weighted by atomic mass is 10.1. The molecule has 0 bridgehead atoms. The number of hydrogen-bond donors (Lipinski definition) is 1. The van der Waals surface area contributed by atoms with Gasteiger partial charge in [0.25, 0.3) is 0 Å². The van der Waals surface area contributed by atoms with Gasteiger partial charge in [-0.25, -0.2) is 4.39 Å². The van der Waals surface area contributed by atoms with E-state index in [-0.39, 0.29) is 5.82 Å². The molecule has 0 unspecified atom stereocenters. The zero-order chi connectivity index (χ0) is 13.8. The van der Waals surface area contributed by atoms with Crippen LogP contribution in [0.5, 0.6) is 5.75 Å². The van der Waals surface area contributed by atoms with Gasteiger partial charge in [0.05, 0.1) is 0 Å². The van der Waals surface area contributed by atoms with Gasteiger partial charge in [0.15, 0.2) is 0 Å². The van der Waals surface area contributed by atoms with E-state index in [1.807, 2.05) is 13.8 Å². The lowest BCUT2D eigenvalue weighted by Gasteiger charge is -2.09. The first-order valence-corrected chi connectivity index (χ1v) is 6.26. The smallest absolute Gasteiger partial charge is 0.127 e. The fourth-order valence-corrected chi connectivity index (χ4v) is 2.14.